The first-order chi connectivity index (χ1) is 13.0. The minimum atomic E-state index is -3.48. The highest BCUT2D eigenvalue weighted by Gasteiger charge is 2.26. The summed E-state index contributed by atoms with van der Waals surface area (Å²) >= 11 is 0. The van der Waals surface area contributed by atoms with Crippen molar-refractivity contribution in [3.63, 3.8) is 0 Å². The number of halogens is 1. The lowest BCUT2D eigenvalue weighted by Gasteiger charge is -2.21. The fourth-order valence-electron chi connectivity index (χ4n) is 3.25. The minimum Gasteiger partial charge on any atom is -0.355 e. The van der Waals surface area contributed by atoms with Crippen molar-refractivity contribution in [3.8, 4) is 0 Å². The number of aromatic nitrogens is 2. The molecule has 0 bridgehead atoms. The number of benzene rings is 1. The van der Waals surface area contributed by atoms with Crippen molar-refractivity contribution in [1.82, 2.24) is 24.7 Å². The second-order valence-electron chi connectivity index (χ2n) is 6.56. The maximum atomic E-state index is 12.2. The number of nitrogens with zero attached hydrogens (tertiary/aromatic N) is 4. The Hall–Kier alpha value is -1.66. The summed E-state index contributed by atoms with van der Waals surface area (Å²) in [5.74, 6) is 1.23. The second-order valence-corrected chi connectivity index (χ2v) is 8.33. The third kappa shape index (κ3) is 5.67. The lowest BCUT2D eigenvalue weighted by Crippen LogP contribution is -2.43. The van der Waals surface area contributed by atoms with E-state index in [0.717, 1.165) is 25.5 Å². The zero-order chi connectivity index (χ0) is 19.3. The Balaban J connectivity index is 0.00000280. The van der Waals surface area contributed by atoms with Crippen molar-refractivity contribution in [2.45, 2.75) is 17.2 Å². The van der Waals surface area contributed by atoms with E-state index in [4.69, 9.17) is 0 Å². The summed E-state index contributed by atoms with van der Waals surface area (Å²) in [5, 5.41) is 7.49. The Morgan fingerprint density at radius 1 is 1.29 bits per heavy atom. The summed E-state index contributed by atoms with van der Waals surface area (Å²) in [6.45, 7) is 2.54. The third-order valence-corrected chi connectivity index (χ3v) is 6.13. The highest BCUT2D eigenvalue weighted by Crippen LogP contribution is 2.26. The van der Waals surface area contributed by atoms with E-state index in [1.54, 1.807) is 37.4 Å². The van der Waals surface area contributed by atoms with Gasteiger partial charge in [-0.2, -0.15) is 5.10 Å². The predicted octanol–water partition coefficient (Wildman–Crippen LogP) is 1.38. The quantitative estimate of drug-likeness (QED) is 0.261. The molecule has 1 aliphatic heterocycles. The lowest BCUT2D eigenvalue weighted by atomic mass is 10.0. The molecule has 0 amide bonds. The summed E-state index contributed by atoms with van der Waals surface area (Å²) in [6.07, 6.45) is 5.03. The summed E-state index contributed by atoms with van der Waals surface area (Å²) in [7, 11) is 0.189. The molecule has 2 heterocycles. The van der Waals surface area contributed by atoms with Gasteiger partial charge in [-0.05, 0) is 24.1 Å². The number of hydrogen-bond acceptors (Lipinski definition) is 4. The molecule has 10 heteroatoms. The van der Waals surface area contributed by atoms with Crippen LogP contribution in [-0.2, 0) is 17.1 Å². The molecule has 1 unspecified atom stereocenters. The van der Waals surface area contributed by atoms with Crippen LogP contribution < -0.4 is 10.0 Å². The Morgan fingerprint density at radius 3 is 2.68 bits per heavy atom. The fraction of sp³-hybridized carbons (Fsp3) is 0.444. The van der Waals surface area contributed by atoms with Gasteiger partial charge in [0.1, 0.15) is 0 Å². The summed E-state index contributed by atoms with van der Waals surface area (Å²) in [4.78, 5) is 6.80. The van der Waals surface area contributed by atoms with Crippen LogP contribution in [0.3, 0.4) is 0 Å². The van der Waals surface area contributed by atoms with Gasteiger partial charge in [0.2, 0.25) is 10.0 Å². The van der Waals surface area contributed by atoms with Crippen LogP contribution in [0.5, 0.6) is 0 Å². The van der Waals surface area contributed by atoms with Gasteiger partial charge in [-0.3, -0.25) is 9.67 Å². The molecule has 1 saturated heterocycles. The average molecular weight is 518 g/mol. The second kappa shape index (κ2) is 10.2. The molecule has 0 spiro atoms. The van der Waals surface area contributed by atoms with E-state index < -0.39 is 10.0 Å². The number of hydrogen-bond donors (Lipinski definition) is 2. The van der Waals surface area contributed by atoms with E-state index in [-0.39, 0.29) is 35.4 Å². The first-order valence-electron chi connectivity index (χ1n) is 8.98. The molecule has 1 aliphatic rings. The topological polar surface area (TPSA) is 91.6 Å². The van der Waals surface area contributed by atoms with Gasteiger partial charge < -0.3 is 10.2 Å². The number of rotatable bonds is 6. The van der Waals surface area contributed by atoms with Gasteiger partial charge in [0.15, 0.2) is 5.96 Å². The third-order valence-electron chi connectivity index (χ3n) is 4.65. The van der Waals surface area contributed by atoms with Crippen LogP contribution in [0, 0.1) is 0 Å². The highest BCUT2D eigenvalue weighted by atomic mass is 127. The number of aliphatic imine (C=N–C) groups is 1. The highest BCUT2D eigenvalue weighted by molar-refractivity contribution is 14.0. The van der Waals surface area contributed by atoms with Gasteiger partial charge >= 0.3 is 0 Å². The van der Waals surface area contributed by atoms with Crippen LogP contribution in [0.4, 0.5) is 0 Å². The van der Waals surface area contributed by atoms with Crippen molar-refractivity contribution < 1.29 is 8.42 Å². The van der Waals surface area contributed by atoms with Crippen molar-refractivity contribution in [2.24, 2.45) is 12.0 Å². The molecule has 8 nitrogen and oxygen atoms in total. The first-order valence-corrected chi connectivity index (χ1v) is 10.5. The molecule has 3 rings (SSSR count). The summed E-state index contributed by atoms with van der Waals surface area (Å²) in [5.41, 5.74) is 1.24. The molecule has 0 saturated carbocycles. The number of guanidine groups is 1. The number of aryl methyl sites for hydroxylation is 1. The molecule has 0 radical (unpaired) electrons. The summed E-state index contributed by atoms with van der Waals surface area (Å²) < 4.78 is 28.9. The molecule has 2 N–H and O–H groups in total. The van der Waals surface area contributed by atoms with E-state index in [9.17, 15) is 8.42 Å². The van der Waals surface area contributed by atoms with Crippen LogP contribution >= 0.6 is 24.0 Å². The Bertz CT molecular complexity index is 884. The molecule has 1 fully saturated rings. The van der Waals surface area contributed by atoms with Crippen LogP contribution in [0.15, 0.2) is 52.6 Å². The van der Waals surface area contributed by atoms with E-state index in [0.29, 0.717) is 12.5 Å². The van der Waals surface area contributed by atoms with E-state index in [2.05, 4.69) is 31.2 Å². The lowest BCUT2D eigenvalue weighted by molar-refractivity contribution is 0.486. The Kier molecular flexibility index (Phi) is 8.25. The van der Waals surface area contributed by atoms with Crippen LogP contribution in [0.2, 0.25) is 0 Å². The smallest absolute Gasteiger partial charge is 0.240 e. The molecule has 0 aliphatic carbocycles. The van der Waals surface area contributed by atoms with E-state index in [1.807, 2.05) is 17.9 Å². The van der Waals surface area contributed by atoms with E-state index in [1.165, 1.54) is 5.56 Å². The zero-order valence-corrected chi connectivity index (χ0v) is 19.2. The standard InChI is InChI=1S/C18H26N6O2S.HI/c1-19-18(24-11-8-15(14-24)16-12-21-23(2)13-16)20-9-10-22-27(25,26)17-6-4-3-5-7-17;/h3-7,12-13,15,22H,8-11,14H2,1-2H3,(H,19,20);1H. The molecule has 1 aromatic heterocycles. The molecule has 28 heavy (non-hydrogen) atoms. The largest absolute Gasteiger partial charge is 0.355 e. The molecule has 2 aromatic rings. The Morgan fingerprint density at radius 2 is 2.04 bits per heavy atom. The predicted molar refractivity (Wildman–Crippen MR) is 121 cm³/mol. The maximum absolute atomic E-state index is 12.2. The zero-order valence-electron chi connectivity index (χ0n) is 16.1. The molecule has 154 valence electrons. The van der Waals surface area contributed by atoms with Gasteiger partial charge in [-0.15, -0.1) is 24.0 Å². The van der Waals surface area contributed by atoms with Gasteiger partial charge in [-0.25, -0.2) is 13.1 Å². The van der Waals surface area contributed by atoms with Gasteiger partial charge in [0, 0.05) is 52.4 Å². The van der Waals surface area contributed by atoms with Crippen molar-refractivity contribution in [3.05, 3.63) is 48.3 Å². The molecule has 1 aromatic carbocycles. The molecular weight excluding hydrogens is 491 g/mol. The number of likely N-dealkylation sites (tertiary alicyclic amines) is 1. The number of sulfonamides is 1. The van der Waals surface area contributed by atoms with Gasteiger partial charge in [0.05, 0.1) is 11.1 Å². The van der Waals surface area contributed by atoms with Crippen molar-refractivity contribution >= 4 is 40.0 Å². The SMILES string of the molecule is CN=C(NCCNS(=O)(=O)c1ccccc1)N1CCC(c2cnn(C)c2)C1.I. The monoisotopic (exact) mass is 518 g/mol. The maximum Gasteiger partial charge on any atom is 0.240 e. The summed E-state index contributed by atoms with van der Waals surface area (Å²) in [6, 6.07) is 8.37. The van der Waals surface area contributed by atoms with Gasteiger partial charge in [0.25, 0.3) is 0 Å². The van der Waals surface area contributed by atoms with Crippen LogP contribution in [-0.4, -0.2) is 62.3 Å². The van der Waals surface area contributed by atoms with Crippen molar-refractivity contribution in [2.75, 3.05) is 33.2 Å². The Labute approximate surface area is 183 Å². The molecular formula is C18H27IN6O2S. The first kappa shape index (κ1) is 22.6. The van der Waals surface area contributed by atoms with E-state index >= 15 is 0 Å². The normalized spacial score (nSPS) is 17.4. The molecule has 1 atom stereocenters. The van der Waals surface area contributed by atoms with Crippen molar-refractivity contribution in [1.29, 1.82) is 0 Å². The minimum absolute atomic E-state index is 0. The van der Waals surface area contributed by atoms with Crippen LogP contribution in [0.1, 0.15) is 17.9 Å². The van der Waals surface area contributed by atoms with Crippen LogP contribution in [0.25, 0.3) is 0 Å². The number of nitrogens with one attached hydrogen (secondary N) is 2. The fourth-order valence-corrected chi connectivity index (χ4v) is 4.30. The average Bonchev–Trinajstić information content (AvgIpc) is 3.31. The van der Waals surface area contributed by atoms with Gasteiger partial charge in [-0.1, -0.05) is 18.2 Å².